The first-order valence-corrected chi connectivity index (χ1v) is 8.24. The molecule has 0 aromatic heterocycles. The van der Waals surface area contributed by atoms with E-state index < -0.39 is 0 Å². The molecule has 0 spiro atoms. The molecule has 3 unspecified atom stereocenters. The Bertz CT molecular complexity index is 420. The Morgan fingerprint density at radius 1 is 1.14 bits per heavy atom. The minimum Gasteiger partial charge on any atom is -0.283 e. The molecule has 0 aromatic carbocycles. The topological polar surface area (TPSA) is 37.4 Å². The van der Waals surface area contributed by atoms with E-state index in [1.54, 1.807) is 0 Å². The molecule has 3 atom stereocenters. The van der Waals surface area contributed by atoms with Crippen molar-refractivity contribution in [2.75, 3.05) is 6.54 Å². The fourth-order valence-electron chi connectivity index (χ4n) is 2.87. The van der Waals surface area contributed by atoms with Crippen molar-refractivity contribution in [1.29, 1.82) is 0 Å². The summed E-state index contributed by atoms with van der Waals surface area (Å²) >= 11 is 0. The SMILES string of the molecule is CC.CC1=CC2C(C)C2C=C1.CCN1C(=O)CCCC1=O. The van der Waals surface area contributed by atoms with Crippen molar-refractivity contribution >= 4 is 11.8 Å². The molecule has 21 heavy (non-hydrogen) atoms. The third-order valence-corrected chi connectivity index (χ3v) is 4.25. The first-order valence-electron chi connectivity index (χ1n) is 8.24. The van der Waals surface area contributed by atoms with E-state index in [0.717, 1.165) is 24.2 Å². The number of rotatable bonds is 1. The first-order chi connectivity index (χ1) is 10.0. The summed E-state index contributed by atoms with van der Waals surface area (Å²) in [6.07, 6.45) is 8.80. The van der Waals surface area contributed by atoms with Gasteiger partial charge in [-0.3, -0.25) is 14.5 Å². The van der Waals surface area contributed by atoms with Crippen molar-refractivity contribution < 1.29 is 9.59 Å². The first kappa shape index (κ1) is 17.7. The van der Waals surface area contributed by atoms with Crippen LogP contribution in [0.1, 0.15) is 53.9 Å². The quantitative estimate of drug-likeness (QED) is 0.686. The standard InChI is InChI=1S/C9H12.C7H11NO2.C2H6/c1-6-3-4-8-7(2)9(8)5-6;1-2-8-6(9)4-3-5-7(8)10;1-2/h3-5,7-9H,1-2H3;2-5H2,1H3;1-2H3. The van der Waals surface area contributed by atoms with Gasteiger partial charge in [0.2, 0.25) is 11.8 Å². The molecule has 3 aliphatic rings. The Labute approximate surface area is 129 Å². The normalized spacial score (nSPS) is 29.5. The van der Waals surface area contributed by atoms with Crippen LogP contribution in [0.25, 0.3) is 0 Å². The Kier molecular flexibility index (Phi) is 6.86. The molecule has 3 rings (SSSR count). The highest BCUT2D eigenvalue weighted by atomic mass is 16.2. The summed E-state index contributed by atoms with van der Waals surface area (Å²) in [6, 6.07) is 0. The number of piperidine rings is 1. The summed E-state index contributed by atoms with van der Waals surface area (Å²) in [5.74, 6) is 2.69. The molecule has 1 saturated carbocycles. The molecular formula is C18H29NO2. The van der Waals surface area contributed by atoms with Gasteiger partial charge in [0.15, 0.2) is 0 Å². The monoisotopic (exact) mass is 291 g/mol. The van der Waals surface area contributed by atoms with E-state index in [9.17, 15) is 9.59 Å². The average Bonchev–Trinajstić information content (AvgIpc) is 3.12. The number of hydrogen-bond acceptors (Lipinski definition) is 2. The lowest BCUT2D eigenvalue weighted by Crippen LogP contribution is -2.39. The zero-order chi connectivity index (χ0) is 16.0. The lowest BCUT2D eigenvalue weighted by Gasteiger charge is -2.22. The second kappa shape index (κ2) is 8.16. The zero-order valence-electron chi connectivity index (χ0n) is 14.1. The molecule has 118 valence electrons. The zero-order valence-corrected chi connectivity index (χ0v) is 14.1. The van der Waals surface area contributed by atoms with Crippen LogP contribution in [-0.4, -0.2) is 23.3 Å². The van der Waals surface area contributed by atoms with Crippen LogP contribution in [0.5, 0.6) is 0 Å². The number of fused-ring (bicyclic) bond motifs is 1. The lowest BCUT2D eigenvalue weighted by atomic mass is 10.1. The van der Waals surface area contributed by atoms with Gasteiger partial charge in [-0.2, -0.15) is 0 Å². The molecule has 2 fully saturated rings. The number of hydrogen-bond donors (Lipinski definition) is 0. The van der Waals surface area contributed by atoms with Crippen LogP contribution in [0.15, 0.2) is 23.8 Å². The van der Waals surface area contributed by atoms with Crippen molar-refractivity contribution in [3.05, 3.63) is 23.8 Å². The predicted molar refractivity (Wildman–Crippen MR) is 86.6 cm³/mol. The van der Waals surface area contributed by atoms with Gasteiger partial charge in [0.05, 0.1) is 0 Å². The minimum atomic E-state index is -0.0150. The molecule has 3 nitrogen and oxygen atoms in total. The summed E-state index contributed by atoms with van der Waals surface area (Å²) < 4.78 is 0. The summed E-state index contributed by atoms with van der Waals surface area (Å²) in [6.45, 7) is 10.9. The molecule has 2 amide bonds. The fourth-order valence-corrected chi connectivity index (χ4v) is 2.87. The van der Waals surface area contributed by atoms with Crippen molar-refractivity contribution in [2.45, 2.75) is 53.9 Å². The van der Waals surface area contributed by atoms with Gasteiger partial charge >= 0.3 is 0 Å². The van der Waals surface area contributed by atoms with Gasteiger partial charge in [0.1, 0.15) is 0 Å². The van der Waals surface area contributed by atoms with Crippen molar-refractivity contribution in [3.8, 4) is 0 Å². The van der Waals surface area contributed by atoms with Crippen LogP contribution in [0.3, 0.4) is 0 Å². The van der Waals surface area contributed by atoms with Crippen LogP contribution in [0, 0.1) is 17.8 Å². The number of carbonyl (C=O) groups is 2. The van der Waals surface area contributed by atoms with Gasteiger partial charge in [-0.1, -0.05) is 44.6 Å². The van der Waals surface area contributed by atoms with Crippen LogP contribution >= 0.6 is 0 Å². The molecule has 1 aliphatic heterocycles. The van der Waals surface area contributed by atoms with Crippen molar-refractivity contribution in [1.82, 2.24) is 4.90 Å². The van der Waals surface area contributed by atoms with E-state index in [-0.39, 0.29) is 11.8 Å². The van der Waals surface area contributed by atoms with Crippen LogP contribution in [0.2, 0.25) is 0 Å². The van der Waals surface area contributed by atoms with Crippen LogP contribution in [-0.2, 0) is 9.59 Å². The minimum absolute atomic E-state index is 0.0150. The molecule has 0 N–H and O–H groups in total. The second-order valence-corrected chi connectivity index (χ2v) is 5.67. The molecule has 1 heterocycles. The highest BCUT2D eigenvalue weighted by Gasteiger charge is 2.43. The van der Waals surface area contributed by atoms with Crippen LogP contribution in [0.4, 0.5) is 0 Å². The van der Waals surface area contributed by atoms with E-state index in [4.69, 9.17) is 0 Å². The highest BCUT2D eigenvalue weighted by molar-refractivity contribution is 5.97. The summed E-state index contributed by atoms with van der Waals surface area (Å²) in [4.78, 5) is 23.2. The van der Waals surface area contributed by atoms with E-state index in [1.807, 2.05) is 20.8 Å². The summed E-state index contributed by atoms with van der Waals surface area (Å²) in [5, 5.41) is 0. The highest BCUT2D eigenvalue weighted by Crippen LogP contribution is 2.50. The van der Waals surface area contributed by atoms with E-state index >= 15 is 0 Å². The maximum atomic E-state index is 10.9. The second-order valence-electron chi connectivity index (χ2n) is 5.67. The van der Waals surface area contributed by atoms with Gasteiger partial charge in [0, 0.05) is 19.4 Å². The summed E-state index contributed by atoms with van der Waals surface area (Å²) in [7, 11) is 0. The Balaban J connectivity index is 0.000000188. The Hall–Kier alpha value is -1.38. The largest absolute Gasteiger partial charge is 0.283 e. The number of allylic oxidation sites excluding steroid dienone is 4. The molecule has 0 aromatic rings. The number of carbonyl (C=O) groups excluding carboxylic acids is 2. The lowest BCUT2D eigenvalue weighted by molar-refractivity contribution is -0.147. The molecule has 3 heteroatoms. The maximum Gasteiger partial charge on any atom is 0.229 e. The van der Waals surface area contributed by atoms with E-state index in [0.29, 0.717) is 19.4 Å². The van der Waals surface area contributed by atoms with Gasteiger partial charge in [-0.25, -0.2) is 0 Å². The predicted octanol–water partition coefficient (Wildman–Crippen LogP) is 3.96. The Morgan fingerprint density at radius 2 is 1.71 bits per heavy atom. The molecule has 0 radical (unpaired) electrons. The van der Waals surface area contributed by atoms with Gasteiger partial charge in [0.25, 0.3) is 0 Å². The number of likely N-dealkylation sites (tertiary alicyclic amines) is 1. The van der Waals surface area contributed by atoms with Gasteiger partial charge in [-0.15, -0.1) is 0 Å². The molecule has 0 bridgehead atoms. The number of nitrogens with zero attached hydrogens (tertiary/aromatic N) is 1. The van der Waals surface area contributed by atoms with E-state index in [1.165, 1.54) is 10.5 Å². The number of amides is 2. The maximum absolute atomic E-state index is 10.9. The number of imide groups is 1. The van der Waals surface area contributed by atoms with E-state index in [2.05, 4.69) is 32.1 Å². The molecule has 1 saturated heterocycles. The van der Waals surface area contributed by atoms with Crippen molar-refractivity contribution in [3.63, 3.8) is 0 Å². The smallest absolute Gasteiger partial charge is 0.229 e. The third-order valence-electron chi connectivity index (χ3n) is 4.25. The third kappa shape index (κ3) is 4.55. The van der Waals surface area contributed by atoms with Gasteiger partial charge < -0.3 is 0 Å². The van der Waals surface area contributed by atoms with Crippen molar-refractivity contribution in [2.24, 2.45) is 17.8 Å². The van der Waals surface area contributed by atoms with Crippen LogP contribution < -0.4 is 0 Å². The summed E-state index contributed by atoms with van der Waals surface area (Å²) in [5.41, 5.74) is 1.45. The molecule has 2 aliphatic carbocycles. The fraction of sp³-hybridized carbons (Fsp3) is 0.667. The Morgan fingerprint density at radius 3 is 2.10 bits per heavy atom. The van der Waals surface area contributed by atoms with Gasteiger partial charge in [-0.05, 0) is 38.0 Å². The molecular weight excluding hydrogens is 262 g/mol. The average molecular weight is 291 g/mol.